The lowest BCUT2D eigenvalue weighted by Crippen LogP contribution is -2.17. The van der Waals surface area contributed by atoms with Gasteiger partial charge in [0.25, 0.3) is 5.91 Å². The standard InChI is InChI=1S/C25H30N4OS/c1-7-29(6)15-27-21-13-17(3)20(12-18(21)4)14-22-28-23(24(31-22)25(30)26-5)19-10-8-16(2)9-11-19/h8-13,15H,7,14H2,1-6H3,(H,26,30)/b27-15+. The number of aromatic nitrogens is 1. The van der Waals surface area contributed by atoms with Crippen molar-refractivity contribution in [3.05, 3.63) is 68.5 Å². The molecule has 0 aliphatic rings. The van der Waals surface area contributed by atoms with Crippen LogP contribution < -0.4 is 5.32 Å². The monoisotopic (exact) mass is 434 g/mol. The molecule has 6 heteroatoms. The van der Waals surface area contributed by atoms with E-state index in [0.717, 1.165) is 34.1 Å². The quantitative estimate of drug-likeness (QED) is 0.406. The van der Waals surface area contributed by atoms with E-state index in [1.165, 1.54) is 28.0 Å². The minimum absolute atomic E-state index is 0.100. The lowest BCUT2D eigenvalue weighted by atomic mass is 10.0. The second-order valence-electron chi connectivity index (χ2n) is 7.79. The van der Waals surface area contributed by atoms with Crippen LogP contribution in [0.5, 0.6) is 0 Å². The molecule has 0 aliphatic heterocycles. The zero-order valence-electron chi connectivity index (χ0n) is 19.1. The molecule has 0 spiro atoms. The Morgan fingerprint density at radius 2 is 1.87 bits per heavy atom. The van der Waals surface area contributed by atoms with Gasteiger partial charge in [-0.25, -0.2) is 9.98 Å². The summed E-state index contributed by atoms with van der Waals surface area (Å²) in [7, 11) is 3.67. The van der Waals surface area contributed by atoms with E-state index in [-0.39, 0.29) is 5.91 Å². The zero-order chi connectivity index (χ0) is 22.5. The first-order valence-corrected chi connectivity index (χ1v) is 11.3. The minimum atomic E-state index is -0.100. The van der Waals surface area contributed by atoms with Gasteiger partial charge < -0.3 is 10.2 Å². The van der Waals surface area contributed by atoms with Crippen LogP contribution in [0.2, 0.25) is 0 Å². The number of carbonyl (C=O) groups is 1. The summed E-state index contributed by atoms with van der Waals surface area (Å²) in [5.41, 5.74) is 7.37. The molecule has 0 aliphatic carbocycles. The molecule has 1 amide bonds. The van der Waals surface area contributed by atoms with Crippen LogP contribution in [0.4, 0.5) is 5.69 Å². The molecule has 31 heavy (non-hydrogen) atoms. The van der Waals surface area contributed by atoms with E-state index in [1.807, 2.05) is 42.6 Å². The number of thiazole rings is 1. The maximum atomic E-state index is 12.5. The number of aryl methyl sites for hydroxylation is 3. The fraction of sp³-hybridized carbons (Fsp3) is 0.320. The summed E-state index contributed by atoms with van der Waals surface area (Å²) in [6, 6.07) is 12.4. The molecule has 1 N–H and O–H groups in total. The molecule has 0 atom stereocenters. The first kappa shape index (κ1) is 22.7. The van der Waals surface area contributed by atoms with Gasteiger partial charge in [0.1, 0.15) is 4.88 Å². The molecule has 0 saturated heterocycles. The summed E-state index contributed by atoms with van der Waals surface area (Å²) in [5, 5.41) is 3.68. The Bertz CT molecular complexity index is 1100. The number of nitrogens with zero attached hydrogens (tertiary/aromatic N) is 3. The Morgan fingerprint density at radius 1 is 1.16 bits per heavy atom. The Hall–Kier alpha value is -2.99. The summed E-state index contributed by atoms with van der Waals surface area (Å²) in [4.78, 5) is 24.7. The summed E-state index contributed by atoms with van der Waals surface area (Å²) in [6.45, 7) is 9.25. The molecule has 3 rings (SSSR count). The number of benzene rings is 2. The normalized spacial score (nSPS) is 11.2. The number of amides is 1. The summed E-state index contributed by atoms with van der Waals surface area (Å²) < 4.78 is 0. The molecule has 1 aromatic heterocycles. The number of aliphatic imine (C=N–C) groups is 1. The van der Waals surface area contributed by atoms with E-state index in [0.29, 0.717) is 11.3 Å². The number of rotatable bonds is 7. The second-order valence-corrected chi connectivity index (χ2v) is 8.87. The lowest BCUT2D eigenvalue weighted by Gasteiger charge is -2.11. The van der Waals surface area contributed by atoms with Crippen molar-refractivity contribution < 1.29 is 4.79 Å². The van der Waals surface area contributed by atoms with Crippen LogP contribution in [-0.4, -0.2) is 42.8 Å². The molecule has 0 bridgehead atoms. The van der Waals surface area contributed by atoms with Gasteiger partial charge in [-0.05, 0) is 50.5 Å². The van der Waals surface area contributed by atoms with Gasteiger partial charge in [-0.1, -0.05) is 35.9 Å². The molecule has 0 saturated carbocycles. The average Bonchev–Trinajstić information content (AvgIpc) is 3.18. The van der Waals surface area contributed by atoms with Crippen LogP contribution in [0, 0.1) is 20.8 Å². The topological polar surface area (TPSA) is 57.6 Å². The number of hydrogen-bond donors (Lipinski definition) is 1. The van der Waals surface area contributed by atoms with Gasteiger partial charge in [0.2, 0.25) is 0 Å². The highest BCUT2D eigenvalue weighted by Gasteiger charge is 2.19. The lowest BCUT2D eigenvalue weighted by molar-refractivity contribution is 0.0967. The fourth-order valence-corrected chi connectivity index (χ4v) is 4.27. The Morgan fingerprint density at radius 3 is 2.52 bits per heavy atom. The van der Waals surface area contributed by atoms with Crippen molar-refractivity contribution in [2.45, 2.75) is 34.1 Å². The van der Waals surface area contributed by atoms with E-state index in [4.69, 9.17) is 4.98 Å². The average molecular weight is 435 g/mol. The highest BCUT2D eigenvalue weighted by Crippen LogP contribution is 2.31. The van der Waals surface area contributed by atoms with Crippen LogP contribution in [0.1, 0.15) is 43.9 Å². The largest absolute Gasteiger partial charge is 0.366 e. The number of nitrogens with one attached hydrogen (secondary N) is 1. The third kappa shape index (κ3) is 5.39. The second kappa shape index (κ2) is 9.88. The molecule has 3 aromatic rings. The molecule has 2 aromatic carbocycles. The summed E-state index contributed by atoms with van der Waals surface area (Å²) >= 11 is 1.46. The van der Waals surface area contributed by atoms with Gasteiger partial charge in [-0.15, -0.1) is 11.3 Å². The SMILES string of the molecule is CCN(C)/C=N/c1cc(C)c(Cc2nc(-c3ccc(C)cc3)c(C(=O)NC)s2)cc1C. The van der Waals surface area contributed by atoms with Crippen molar-refractivity contribution in [3.63, 3.8) is 0 Å². The van der Waals surface area contributed by atoms with Crippen molar-refractivity contribution in [2.24, 2.45) is 4.99 Å². The first-order valence-electron chi connectivity index (χ1n) is 10.5. The fourth-order valence-electron chi connectivity index (χ4n) is 3.21. The van der Waals surface area contributed by atoms with Gasteiger partial charge in [-0.2, -0.15) is 0 Å². The van der Waals surface area contributed by atoms with Gasteiger partial charge in [0.05, 0.1) is 22.7 Å². The third-order valence-electron chi connectivity index (χ3n) is 5.32. The maximum Gasteiger partial charge on any atom is 0.263 e. The van der Waals surface area contributed by atoms with Crippen molar-refractivity contribution in [2.75, 3.05) is 20.6 Å². The van der Waals surface area contributed by atoms with E-state index in [2.05, 4.69) is 50.1 Å². The molecular weight excluding hydrogens is 404 g/mol. The molecule has 0 fully saturated rings. The summed E-state index contributed by atoms with van der Waals surface area (Å²) in [5.74, 6) is -0.100. The van der Waals surface area contributed by atoms with E-state index in [9.17, 15) is 4.79 Å². The highest BCUT2D eigenvalue weighted by molar-refractivity contribution is 7.14. The summed E-state index contributed by atoms with van der Waals surface area (Å²) in [6.07, 6.45) is 2.55. The van der Waals surface area contributed by atoms with Gasteiger partial charge >= 0.3 is 0 Å². The van der Waals surface area contributed by atoms with Gasteiger partial charge in [0, 0.05) is 32.6 Å². The predicted octanol–water partition coefficient (Wildman–Crippen LogP) is 5.30. The Labute approximate surface area is 188 Å². The van der Waals surface area contributed by atoms with E-state index in [1.54, 1.807) is 7.05 Å². The van der Waals surface area contributed by atoms with Crippen LogP contribution in [0.25, 0.3) is 11.3 Å². The third-order valence-corrected chi connectivity index (χ3v) is 6.37. The van der Waals surface area contributed by atoms with Gasteiger partial charge in [-0.3, -0.25) is 4.79 Å². The molecule has 0 unspecified atom stereocenters. The predicted molar refractivity (Wildman–Crippen MR) is 131 cm³/mol. The first-order chi connectivity index (χ1) is 14.8. The minimum Gasteiger partial charge on any atom is -0.366 e. The van der Waals surface area contributed by atoms with Crippen molar-refractivity contribution in [1.82, 2.24) is 15.2 Å². The molecule has 0 radical (unpaired) electrons. The van der Waals surface area contributed by atoms with Gasteiger partial charge in [0.15, 0.2) is 0 Å². The smallest absolute Gasteiger partial charge is 0.263 e. The van der Waals surface area contributed by atoms with Crippen LogP contribution in [0.3, 0.4) is 0 Å². The molecule has 162 valence electrons. The van der Waals surface area contributed by atoms with Crippen LogP contribution >= 0.6 is 11.3 Å². The highest BCUT2D eigenvalue weighted by atomic mass is 32.1. The van der Waals surface area contributed by atoms with Crippen molar-refractivity contribution in [3.8, 4) is 11.3 Å². The van der Waals surface area contributed by atoms with E-state index >= 15 is 0 Å². The number of hydrogen-bond acceptors (Lipinski definition) is 4. The number of carbonyl (C=O) groups excluding carboxylic acids is 1. The zero-order valence-corrected chi connectivity index (χ0v) is 19.9. The van der Waals surface area contributed by atoms with Crippen molar-refractivity contribution >= 4 is 29.3 Å². The van der Waals surface area contributed by atoms with Crippen LogP contribution in [-0.2, 0) is 6.42 Å². The van der Waals surface area contributed by atoms with E-state index < -0.39 is 0 Å². The maximum absolute atomic E-state index is 12.5. The molecule has 5 nitrogen and oxygen atoms in total. The van der Waals surface area contributed by atoms with Crippen molar-refractivity contribution in [1.29, 1.82) is 0 Å². The molecular formula is C25H30N4OS. The Balaban J connectivity index is 1.94. The Kier molecular flexibility index (Phi) is 7.23. The molecule has 1 heterocycles. The van der Waals surface area contributed by atoms with Crippen LogP contribution in [0.15, 0.2) is 41.4 Å².